The van der Waals surface area contributed by atoms with Crippen LogP contribution in [0.25, 0.3) is 16.8 Å². The van der Waals surface area contributed by atoms with Crippen LogP contribution in [0.3, 0.4) is 0 Å². The number of benzene rings is 1. The lowest BCUT2D eigenvalue weighted by atomic mass is 10.1. The van der Waals surface area contributed by atoms with Crippen LogP contribution in [0.2, 0.25) is 0 Å². The standard InChI is InChI=1S/C19H19FN4O/c20-15-10-13(18-5-1-4-17-6-8-23-24(17)18)9-14(11-15)19(25)22-12-16-3-2-7-21-16/h1,4-6,8-11,16,21H,2-3,7,12H2,(H,22,25)/t16-/m0/s1. The maximum absolute atomic E-state index is 14.1. The molecule has 0 aliphatic carbocycles. The van der Waals surface area contributed by atoms with E-state index in [2.05, 4.69) is 15.7 Å². The largest absolute Gasteiger partial charge is 0.350 e. The first kappa shape index (κ1) is 15.8. The number of carbonyl (C=O) groups is 1. The molecular weight excluding hydrogens is 319 g/mol. The van der Waals surface area contributed by atoms with Crippen LogP contribution in [-0.2, 0) is 0 Å². The van der Waals surface area contributed by atoms with Crippen molar-refractivity contribution in [1.82, 2.24) is 20.2 Å². The second kappa shape index (κ2) is 6.64. The van der Waals surface area contributed by atoms with Crippen LogP contribution in [0, 0.1) is 5.82 Å². The van der Waals surface area contributed by atoms with E-state index in [0.29, 0.717) is 23.7 Å². The Labute approximate surface area is 144 Å². The fraction of sp³-hybridized carbons (Fsp3) is 0.263. The smallest absolute Gasteiger partial charge is 0.251 e. The lowest BCUT2D eigenvalue weighted by molar-refractivity contribution is 0.0950. The highest BCUT2D eigenvalue weighted by Crippen LogP contribution is 2.23. The number of aromatic nitrogens is 2. The lowest BCUT2D eigenvalue weighted by Crippen LogP contribution is -2.37. The molecule has 1 saturated heterocycles. The topological polar surface area (TPSA) is 58.4 Å². The minimum Gasteiger partial charge on any atom is -0.350 e. The number of nitrogens with zero attached hydrogens (tertiary/aromatic N) is 2. The van der Waals surface area contributed by atoms with Gasteiger partial charge >= 0.3 is 0 Å². The SMILES string of the molecule is O=C(NC[C@@H]1CCCN1)c1cc(F)cc(-c2cccc3ccnn23)c1. The van der Waals surface area contributed by atoms with E-state index < -0.39 is 5.82 Å². The summed E-state index contributed by atoms with van der Waals surface area (Å²) in [5.74, 6) is -0.701. The van der Waals surface area contributed by atoms with Gasteiger partial charge in [-0.3, -0.25) is 4.79 Å². The Hall–Kier alpha value is -2.73. The Morgan fingerprint density at radius 3 is 3.08 bits per heavy atom. The Kier molecular flexibility index (Phi) is 4.19. The van der Waals surface area contributed by atoms with E-state index in [-0.39, 0.29) is 5.91 Å². The Morgan fingerprint density at radius 1 is 1.32 bits per heavy atom. The average molecular weight is 338 g/mol. The summed E-state index contributed by atoms with van der Waals surface area (Å²) in [6, 6.07) is 12.3. The molecule has 0 unspecified atom stereocenters. The molecule has 128 valence electrons. The molecule has 1 aliphatic rings. The summed E-state index contributed by atoms with van der Waals surface area (Å²) in [6.45, 7) is 1.54. The van der Waals surface area contributed by atoms with Crippen molar-refractivity contribution in [1.29, 1.82) is 0 Å². The number of hydrogen-bond donors (Lipinski definition) is 2. The van der Waals surface area contributed by atoms with Gasteiger partial charge in [-0.05, 0) is 55.8 Å². The van der Waals surface area contributed by atoms with Gasteiger partial charge in [0.15, 0.2) is 0 Å². The van der Waals surface area contributed by atoms with E-state index >= 15 is 0 Å². The fourth-order valence-electron chi connectivity index (χ4n) is 3.29. The van der Waals surface area contributed by atoms with Crippen LogP contribution in [0.1, 0.15) is 23.2 Å². The first-order chi connectivity index (χ1) is 12.2. The molecule has 3 heterocycles. The maximum atomic E-state index is 14.1. The molecule has 2 aromatic heterocycles. The highest BCUT2D eigenvalue weighted by Gasteiger charge is 2.16. The van der Waals surface area contributed by atoms with Crippen LogP contribution in [0.15, 0.2) is 48.7 Å². The quantitative estimate of drug-likeness (QED) is 0.769. The summed E-state index contributed by atoms with van der Waals surface area (Å²) in [5, 5.41) is 10.5. The van der Waals surface area contributed by atoms with Crippen molar-refractivity contribution in [3.63, 3.8) is 0 Å². The summed E-state index contributed by atoms with van der Waals surface area (Å²) in [7, 11) is 0. The van der Waals surface area contributed by atoms with E-state index in [1.165, 1.54) is 12.1 Å². The molecule has 1 aromatic carbocycles. The molecule has 0 bridgehead atoms. The fourth-order valence-corrected chi connectivity index (χ4v) is 3.29. The van der Waals surface area contributed by atoms with Crippen molar-refractivity contribution in [2.75, 3.05) is 13.1 Å². The highest BCUT2D eigenvalue weighted by atomic mass is 19.1. The molecule has 2 N–H and O–H groups in total. The zero-order valence-corrected chi connectivity index (χ0v) is 13.7. The first-order valence-corrected chi connectivity index (χ1v) is 8.46. The summed E-state index contributed by atoms with van der Waals surface area (Å²) in [6.07, 6.45) is 3.87. The number of hydrogen-bond acceptors (Lipinski definition) is 3. The van der Waals surface area contributed by atoms with Crippen molar-refractivity contribution < 1.29 is 9.18 Å². The molecule has 0 saturated carbocycles. The minimum absolute atomic E-state index is 0.262. The van der Waals surface area contributed by atoms with Gasteiger partial charge in [-0.15, -0.1) is 0 Å². The number of amides is 1. The molecule has 3 aromatic rings. The Bertz CT molecular complexity index is 915. The monoisotopic (exact) mass is 338 g/mol. The molecule has 0 spiro atoms. The summed E-state index contributed by atoms with van der Waals surface area (Å²) in [4.78, 5) is 12.4. The van der Waals surface area contributed by atoms with E-state index in [4.69, 9.17) is 0 Å². The van der Waals surface area contributed by atoms with E-state index in [9.17, 15) is 9.18 Å². The number of pyridine rings is 1. The van der Waals surface area contributed by atoms with Gasteiger partial charge in [-0.1, -0.05) is 6.07 Å². The Morgan fingerprint density at radius 2 is 2.24 bits per heavy atom. The Balaban J connectivity index is 1.62. The van der Waals surface area contributed by atoms with Gasteiger partial charge < -0.3 is 10.6 Å². The van der Waals surface area contributed by atoms with Crippen molar-refractivity contribution in [2.45, 2.75) is 18.9 Å². The number of fused-ring (bicyclic) bond motifs is 1. The van der Waals surface area contributed by atoms with Gasteiger partial charge in [0.1, 0.15) is 5.82 Å². The van der Waals surface area contributed by atoms with Crippen LogP contribution in [-0.4, -0.2) is 34.7 Å². The maximum Gasteiger partial charge on any atom is 0.251 e. The zero-order valence-electron chi connectivity index (χ0n) is 13.7. The second-order valence-electron chi connectivity index (χ2n) is 6.31. The van der Waals surface area contributed by atoms with E-state index in [0.717, 1.165) is 30.6 Å². The molecular formula is C19H19FN4O. The summed E-state index contributed by atoms with van der Waals surface area (Å²) >= 11 is 0. The first-order valence-electron chi connectivity index (χ1n) is 8.46. The molecule has 4 rings (SSSR count). The zero-order chi connectivity index (χ0) is 17.2. The van der Waals surface area contributed by atoms with Crippen molar-refractivity contribution in [3.05, 3.63) is 60.0 Å². The molecule has 1 fully saturated rings. The van der Waals surface area contributed by atoms with E-state index in [1.54, 1.807) is 16.8 Å². The molecule has 6 heteroatoms. The predicted molar refractivity (Wildman–Crippen MR) is 93.9 cm³/mol. The van der Waals surface area contributed by atoms with Gasteiger partial charge in [0.25, 0.3) is 5.91 Å². The summed E-state index contributed by atoms with van der Waals surface area (Å²) < 4.78 is 15.9. The number of rotatable bonds is 4. The lowest BCUT2D eigenvalue weighted by Gasteiger charge is -2.12. The van der Waals surface area contributed by atoms with Crippen molar-refractivity contribution in [2.24, 2.45) is 0 Å². The van der Waals surface area contributed by atoms with Gasteiger partial charge in [-0.25, -0.2) is 8.91 Å². The second-order valence-corrected chi connectivity index (χ2v) is 6.31. The van der Waals surface area contributed by atoms with Crippen LogP contribution in [0.5, 0.6) is 0 Å². The van der Waals surface area contributed by atoms with Crippen LogP contribution < -0.4 is 10.6 Å². The molecule has 1 amide bonds. The van der Waals surface area contributed by atoms with Crippen LogP contribution in [0.4, 0.5) is 4.39 Å². The number of nitrogens with one attached hydrogen (secondary N) is 2. The minimum atomic E-state index is -0.439. The third-order valence-corrected chi connectivity index (χ3v) is 4.55. The molecule has 1 aliphatic heterocycles. The molecule has 1 atom stereocenters. The van der Waals surface area contributed by atoms with Crippen molar-refractivity contribution in [3.8, 4) is 11.3 Å². The molecule has 25 heavy (non-hydrogen) atoms. The van der Waals surface area contributed by atoms with Gasteiger partial charge in [0.2, 0.25) is 0 Å². The molecule has 5 nitrogen and oxygen atoms in total. The number of carbonyl (C=O) groups excluding carboxylic acids is 1. The van der Waals surface area contributed by atoms with Gasteiger partial charge in [0, 0.05) is 23.7 Å². The van der Waals surface area contributed by atoms with Crippen LogP contribution >= 0.6 is 0 Å². The van der Waals surface area contributed by atoms with Gasteiger partial charge in [-0.2, -0.15) is 5.10 Å². The van der Waals surface area contributed by atoms with E-state index in [1.807, 2.05) is 24.3 Å². The normalized spacial score (nSPS) is 17.1. The average Bonchev–Trinajstić information content (AvgIpc) is 3.30. The third kappa shape index (κ3) is 3.25. The van der Waals surface area contributed by atoms with Crippen molar-refractivity contribution >= 4 is 11.4 Å². The highest BCUT2D eigenvalue weighted by molar-refractivity contribution is 5.95. The third-order valence-electron chi connectivity index (χ3n) is 4.55. The van der Waals surface area contributed by atoms with Gasteiger partial charge in [0.05, 0.1) is 17.4 Å². The molecule has 0 radical (unpaired) electrons. The predicted octanol–water partition coefficient (Wildman–Crippen LogP) is 2.62. The summed E-state index contributed by atoms with van der Waals surface area (Å²) in [5.41, 5.74) is 2.60. The number of halogens is 1.